The minimum atomic E-state index is -2.16. The summed E-state index contributed by atoms with van der Waals surface area (Å²) in [5, 5.41) is 49.8. The van der Waals surface area contributed by atoms with Crippen LogP contribution in [0.5, 0.6) is 5.75 Å². The summed E-state index contributed by atoms with van der Waals surface area (Å²) in [6, 6.07) is -1.13. The van der Waals surface area contributed by atoms with Crippen molar-refractivity contribution in [1.82, 2.24) is 16.0 Å². The van der Waals surface area contributed by atoms with Crippen LogP contribution in [0.4, 0.5) is 5.69 Å². The van der Waals surface area contributed by atoms with Crippen LogP contribution >= 0.6 is 0 Å². The molecule has 0 fully saturated rings. The lowest BCUT2D eigenvalue weighted by Crippen LogP contribution is -2.60. The second kappa shape index (κ2) is 11.7. The average molecular weight is 495 g/mol. The number of phenols is 1. The highest BCUT2D eigenvalue weighted by molar-refractivity contribution is 6.08. The van der Waals surface area contributed by atoms with Crippen molar-refractivity contribution in [2.75, 3.05) is 18.5 Å². The van der Waals surface area contributed by atoms with Crippen LogP contribution in [0, 0.1) is 5.92 Å². The van der Waals surface area contributed by atoms with Gasteiger partial charge in [0.25, 0.3) is 0 Å². The number of aliphatic hydroxyl groups is 3. The van der Waals surface area contributed by atoms with Crippen molar-refractivity contribution in [2.45, 2.75) is 44.2 Å². The highest BCUT2D eigenvalue weighted by Gasteiger charge is 2.40. The minimum Gasteiger partial charge on any atom is -0.508 e. The number of aromatic hydroxyl groups is 1. The van der Waals surface area contributed by atoms with Crippen LogP contribution < -0.4 is 27.0 Å². The number of amides is 4. The van der Waals surface area contributed by atoms with Gasteiger partial charge in [0.2, 0.25) is 23.6 Å². The van der Waals surface area contributed by atoms with Gasteiger partial charge in [-0.15, -0.1) is 0 Å². The number of rotatable bonds is 3. The Labute approximate surface area is 199 Å². The number of anilines is 1. The minimum absolute atomic E-state index is 0.219. The van der Waals surface area contributed by atoms with Crippen molar-refractivity contribution in [3.63, 3.8) is 0 Å². The first-order valence-corrected chi connectivity index (χ1v) is 10.7. The summed E-state index contributed by atoms with van der Waals surface area (Å²) in [5.41, 5.74) is 4.96. The van der Waals surface area contributed by atoms with E-state index in [4.69, 9.17) is 10.8 Å². The Hall–Kier alpha value is -3.59. The molecule has 0 aliphatic carbocycles. The fraction of sp³-hybridized carbons (Fsp3) is 0.476. The van der Waals surface area contributed by atoms with Gasteiger partial charge in [-0.3, -0.25) is 24.0 Å². The number of aliphatic hydroxyl groups excluding tert-OH is 3. The lowest BCUT2D eigenvalue weighted by Gasteiger charge is -2.31. The molecule has 1 aliphatic rings. The monoisotopic (exact) mass is 495 g/mol. The predicted octanol–water partition coefficient (Wildman–Crippen LogP) is -3.69. The Balaban J connectivity index is 2.57. The zero-order valence-corrected chi connectivity index (χ0v) is 19.0. The smallest absolute Gasteiger partial charge is 0.246 e. The van der Waals surface area contributed by atoms with E-state index in [0.717, 1.165) is 18.2 Å². The normalized spacial score (nSPS) is 27.3. The molecule has 192 valence electrons. The SMILES string of the molecule is CC1NC(=O)CNC(=O)C(C)C(O)C(NC(=O)C(N)CO)C(O)C(=O)c2ccc(O)cc2NC1=O. The van der Waals surface area contributed by atoms with E-state index in [9.17, 15) is 39.3 Å². The highest BCUT2D eigenvalue weighted by atomic mass is 16.3. The molecule has 35 heavy (non-hydrogen) atoms. The molecule has 1 heterocycles. The highest BCUT2D eigenvalue weighted by Crippen LogP contribution is 2.25. The molecule has 1 aromatic carbocycles. The molecular formula is C21H29N5O9. The third-order valence-electron chi connectivity index (χ3n) is 5.47. The second-order valence-corrected chi connectivity index (χ2v) is 8.14. The fourth-order valence-electron chi connectivity index (χ4n) is 3.27. The molecule has 10 N–H and O–H groups in total. The summed E-state index contributed by atoms with van der Waals surface area (Å²) in [6.45, 7) is 1.24. The van der Waals surface area contributed by atoms with Crippen molar-refractivity contribution in [3.05, 3.63) is 23.8 Å². The lowest BCUT2D eigenvalue weighted by atomic mass is 9.89. The largest absolute Gasteiger partial charge is 0.508 e. The molecule has 0 spiro atoms. The molecule has 0 bridgehead atoms. The molecule has 14 nitrogen and oxygen atoms in total. The Morgan fingerprint density at radius 3 is 2.46 bits per heavy atom. The van der Waals surface area contributed by atoms with Crippen molar-refractivity contribution in [1.29, 1.82) is 0 Å². The van der Waals surface area contributed by atoms with Crippen LogP contribution in [-0.2, 0) is 19.2 Å². The number of nitrogens with two attached hydrogens (primary N) is 1. The number of benzene rings is 1. The number of phenolic OH excluding ortho intramolecular Hbond substituents is 1. The summed E-state index contributed by atoms with van der Waals surface area (Å²) < 4.78 is 0. The van der Waals surface area contributed by atoms with E-state index in [2.05, 4.69) is 21.3 Å². The van der Waals surface area contributed by atoms with Crippen LogP contribution in [0.2, 0.25) is 0 Å². The first-order chi connectivity index (χ1) is 16.4. The number of carbonyl (C=O) groups is 5. The van der Waals surface area contributed by atoms with E-state index >= 15 is 0 Å². The number of carbonyl (C=O) groups excluding carboxylic acids is 5. The summed E-state index contributed by atoms with van der Waals surface area (Å²) in [6.07, 6.45) is -4.01. The molecule has 4 amide bonds. The zero-order valence-electron chi connectivity index (χ0n) is 19.0. The maximum absolute atomic E-state index is 13.2. The first-order valence-electron chi connectivity index (χ1n) is 10.7. The summed E-state index contributed by atoms with van der Waals surface area (Å²) in [5.74, 6) is -6.15. The predicted molar refractivity (Wildman–Crippen MR) is 120 cm³/mol. The van der Waals surface area contributed by atoms with Crippen molar-refractivity contribution in [3.8, 4) is 5.75 Å². The van der Waals surface area contributed by atoms with E-state index in [1.807, 2.05) is 0 Å². The zero-order chi connectivity index (χ0) is 26.4. The number of hydrogen-bond donors (Lipinski definition) is 9. The number of nitrogens with one attached hydrogen (secondary N) is 4. The van der Waals surface area contributed by atoms with Crippen LogP contribution in [-0.4, -0.2) is 93.3 Å². The van der Waals surface area contributed by atoms with E-state index in [1.54, 1.807) is 0 Å². The van der Waals surface area contributed by atoms with Gasteiger partial charge in [0.15, 0.2) is 5.78 Å². The van der Waals surface area contributed by atoms with Crippen LogP contribution in [0.15, 0.2) is 18.2 Å². The molecule has 0 aromatic heterocycles. The first kappa shape index (κ1) is 27.7. The van der Waals surface area contributed by atoms with Gasteiger partial charge in [0.1, 0.15) is 23.9 Å². The molecular weight excluding hydrogens is 466 g/mol. The lowest BCUT2D eigenvalue weighted by molar-refractivity contribution is -0.134. The van der Waals surface area contributed by atoms with E-state index in [-0.39, 0.29) is 17.0 Å². The Bertz CT molecular complexity index is 1000. The molecule has 1 aromatic rings. The average Bonchev–Trinajstić information content (AvgIpc) is 2.82. The third-order valence-corrected chi connectivity index (χ3v) is 5.47. The summed E-state index contributed by atoms with van der Waals surface area (Å²) >= 11 is 0. The quantitative estimate of drug-likeness (QED) is 0.199. The Morgan fingerprint density at radius 1 is 1.17 bits per heavy atom. The van der Waals surface area contributed by atoms with Gasteiger partial charge in [-0.25, -0.2) is 0 Å². The van der Waals surface area contributed by atoms with Gasteiger partial charge in [0, 0.05) is 11.6 Å². The topological polar surface area (TPSA) is 240 Å². The van der Waals surface area contributed by atoms with E-state index < -0.39 is 78.8 Å². The van der Waals surface area contributed by atoms with Gasteiger partial charge < -0.3 is 47.4 Å². The van der Waals surface area contributed by atoms with Gasteiger partial charge >= 0.3 is 0 Å². The van der Waals surface area contributed by atoms with Gasteiger partial charge in [0.05, 0.1) is 36.9 Å². The van der Waals surface area contributed by atoms with Gasteiger partial charge in [-0.05, 0) is 19.1 Å². The second-order valence-electron chi connectivity index (χ2n) is 8.14. The van der Waals surface area contributed by atoms with Crippen molar-refractivity contribution < 1.29 is 44.4 Å². The molecule has 0 saturated carbocycles. The van der Waals surface area contributed by atoms with E-state index in [0.29, 0.717) is 0 Å². The molecule has 14 heteroatoms. The summed E-state index contributed by atoms with van der Waals surface area (Å²) in [4.78, 5) is 62.7. The number of ketones is 1. The van der Waals surface area contributed by atoms with E-state index in [1.165, 1.54) is 13.8 Å². The molecule has 2 rings (SSSR count). The molecule has 0 radical (unpaired) electrons. The molecule has 6 atom stereocenters. The number of fused-ring (bicyclic) bond motifs is 1. The van der Waals surface area contributed by atoms with Gasteiger partial charge in [-0.1, -0.05) is 6.92 Å². The number of hydrogen-bond acceptors (Lipinski definition) is 10. The molecule has 6 unspecified atom stereocenters. The van der Waals surface area contributed by atoms with Gasteiger partial charge in [-0.2, -0.15) is 0 Å². The summed E-state index contributed by atoms with van der Waals surface area (Å²) in [7, 11) is 0. The van der Waals surface area contributed by atoms with Crippen LogP contribution in [0.1, 0.15) is 24.2 Å². The van der Waals surface area contributed by atoms with Crippen LogP contribution in [0.3, 0.4) is 0 Å². The Morgan fingerprint density at radius 2 is 1.83 bits per heavy atom. The number of Topliss-reactive ketones (excluding diaryl/α,β-unsaturated/α-hetero) is 1. The molecule has 1 aliphatic heterocycles. The van der Waals surface area contributed by atoms with Crippen molar-refractivity contribution in [2.24, 2.45) is 11.7 Å². The fourth-order valence-corrected chi connectivity index (χ4v) is 3.27. The van der Waals surface area contributed by atoms with Crippen LogP contribution in [0.25, 0.3) is 0 Å². The standard InChI is InChI=1S/C21H29N5O9/c1-8-16(30)15(26-21(35)12(22)7-27)18(32)17(31)11-4-3-10(28)5-13(11)25-20(34)9(2)24-14(29)6-23-19(8)33/h3-5,8-9,12,15-16,18,27-28,30,32H,6-7,22H2,1-2H3,(H,23,33)(H,24,29)(H,25,34)(H,26,35). The van der Waals surface area contributed by atoms with Crippen molar-refractivity contribution >= 4 is 35.1 Å². The molecule has 0 saturated heterocycles. The maximum atomic E-state index is 13.2. The maximum Gasteiger partial charge on any atom is 0.246 e. The third kappa shape index (κ3) is 6.73. The Kier molecular flexibility index (Phi) is 9.25.